The number of rotatable bonds is 2. The summed E-state index contributed by atoms with van der Waals surface area (Å²) in [6.07, 6.45) is 0.998. The van der Waals surface area contributed by atoms with E-state index in [1.165, 1.54) is 16.7 Å². The van der Waals surface area contributed by atoms with Crippen LogP contribution in [0.25, 0.3) is 0 Å². The first-order chi connectivity index (χ1) is 6.84. The molecule has 2 aromatic carbocycles. The van der Waals surface area contributed by atoms with Crippen molar-refractivity contribution in [2.75, 3.05) is 0 Å². The Balaban J connectivity index is 0.00000112. The van der Waals surface area contributed by atoms with Crippen molar-refractivity contribution in [2.24, 2.45) is 0 Å². The van der Waals surface area contributed by atoms with Gasteiger partial charge in [0.1, 0.15) is 0 Å². The zero-order valence-electron chi connectivity index (χ0n) is 9.33. The molecule has 0 atom stereocenters. The molecule has 0 saturated carbocycles. The molecule has 0 radical (unpaired) electrons. The molecule has 0 bridgehead atoms. The minimum Gasteiger partial charge on any atom is -0.184 e. The second-order valence-corrected chi connectivity index (χ2v) is 3.57. The van der Waals surface area contributed by atoms with Gasteiger partial charge in [0.05, 0.1) is 0 Å². The Labute approximate surface area is 104 Å². The van der Waals surface area contributed by atoms with Gasteiger partial charge in [-0.3, -0.25) is 0 Å². The molecule has 0 aromatic heterocycles. The predicted octanol–water partition coefficient (Wildman–Crippen LogP) is 0.390. The van der Waals surface area contributed by atoms with Crippen molar-refractivity contribution < 1.29 is 18.9 Å². The first kappa shape index (κ1) is 12.1. The van der Waals surface area contributed by atoms with E-state index in [9.17, 15) is 0 Å². The second-order valence-electron chi connectivity index (χ2n) is 3.57. The molecule has 0 N–H and O–H groups in total. The molecule has 15 heavy (non-hydrogen) atoms. The van der Waals surface area contributed by atoms with Crippen LogP contribution in [0.2, 0.25) is 0 Å². The van der Waals surface area contributed by atoms with Crippen LogP contribution in [0.15, 0.2) is 48.5 Å². The maximum atomic E-state index is 3.09. The van der Waals surface area contributed by atoms with Crippen molar-refractivity contribution in [3.8, 4) is 0 Å². The molecule has 0 aliphatic heterocycles. The third kappa shape index (κ3) is 3.59. The van der Waals surface area contributed by atoms with Crippen molar-refractivity contribution in [1.29, 1.82) is 0 Å². The van der Waals surface area contributed by atoms with E-state index >= 15 is 0 Å². The Morgan fingerprint density at radius 1 is 1.00 bits per heavy atom. The van der Waals surface area contributed by atoms with Gasteiger partial charge in [-0.2, -0.15) is 35.9 Å². The molecule has 0 amide bonds. The number of aryl methyl sites for hydroxylation is 1. The average molecular weight is 188 g/mol. The molecule has 0 spiro atoms. The molecule has 0 heterocycles. The normalized spacial score (nSPS) is 9.40. The summed E-state index contributed by atoms with van der Waals surface area (Å²) in [6, 6.07) is 19.9. The molecule has 70 valence electrons. The minimum absolute atomic E-state index is 0. The van der Waals surface area contributed by atoms with E-state index in [4.69, 9.17) is 0 Å². The van der Waals surface area contributed by atoms with Crippen LogP contribution in [0.1, 0.15) is 16.7 Å². The summed E-state index contributed by atoms with van der Waals surface area (Å²) < 4.78 is 0. The smallest absolute Gasteiger partial charge is 0.184 e. The minimum atomic E-state index is 0. The van der Waals surface area contributed by atoms with Gasteiger partial charge < -0.3 is 0 Å². The Hall–Kier alpha value is -0.963. The quantitative estimate of drug-likeness (QED) is 0.472. The van der Waals surface area contributed by atoms with Gasteiger partial charge in [0.15, 0.2) is 0 Å². The standard InChI is InChI=1S/C14H13.Li/c1-12-7-9-14(10-8-12)11-13-5-3-2-4-6-13;/h2-3,5-10H,11H2,1H3;/q-1;+1. The summed E-state index contributed by atoms with van der Waals surface area (Å²) >= 11 is 0. The Bertz CT molecular complexity index is 389. The topological polar surface area (TPSA) is 0 Å². The Kier molecular flexibility index (Phi) is 4.69. The van der Waals surface area contributed by atoms with Crippen molar-refractivity contribution >= 4 is 0 Å². The summed E-state index contributed by atoms with van der Waals surface area (Å²) in [7, 11) is 0. The van der Waals surface area contributed by atoms with E-state index in [1.54, 1.807) is 0 Å². The maximum Gasteiger partial charge on any atom is 1.00 e. The molecule has 2 rings (SSSR count). The zero-order chi connectivity index (χ0) is 9.80. The molecule has 0 aliphatic rings. The first-order valence-corrected chi connectivity index (χ1v) is 4.85. The van der Waals surface area contributed by atoms with Gasteiger partial charge in [-0.25, -0.2) is 0 Å². The number of hydrogen-bond acceptors (Lipinski definition) is 0. The van der Waals surface area contributed by atoms with Gasteiger partial charge in [0.25, 0.3) is 0 Å². The Morgan fingerprint density at radius 2 is 1.73 bits per heavy atom. The van der Waals surface area contributed by atoms with E-state index in [0.29, 0.717) is 0 Å². The average Bonchev–Trinajstić information content (AvgIpc) is 2.23. The summed E-state index contributed by atoms with van der Waals surface area (Å²) in [6.45, 7) is 2.11. The molecule has 0 saturated heterocycles. The molecule has 0 aliphatic carbocycles. The molecule has 0 fully saturated rings. The SMILES string of the molecule is Cc1ccc(Cc2c[c-]ccc2)cc1.[Li+]. The van der Waals surface area contributed by atoms with Crippen molar-refractivity contribution in [1.82, 2.24) is 0 Å². The van der Waals surface area contributed by atoms with Crippen molar-refractivity contribution in [3.63, 3.8) is 0 Å². The zero-order valence-corrected chi connectivity index (χ0v) is 9.33. The summed E-state index contributed by atoms with van der Waals surface area (Å²) in [5.74, 6) is 0. The van der Waals surface area contributed by atoms with Gasteiger partial charge in [-0.15, -0.1) is 0 Å². The predicted molar refractivity (Wildman–Crippen MR) is 59.3 cm³/mol. The van der Waals surface area contributed by atoms with Crippen LogP contribution in [-0.2, 0) is 6.42 Å². The van der Waals surface area contributed by atoms with Crippen molar-refractivity contribution in [3.05, 3.63) is 71.3 Å². The van der Waals surface area contributed by atoms with Crippen molar-refractivity contribution in [2.45, 2.75) is 13.3 Å². The summed E-state index contributed by atoms with van der Waals surface area (Å²) in [5.41, 5.74) is 3.99. The molecular weight excluding hydrogens is 175 g/mol. The largest absolute Gasteiger partial charge is 1.00 e. The van der Waals surface area contributed by atoms with Crippen LogP contribution >= 0.6 is 0 Å². The van der Waals surface area contributed by atoms with Gasteiger partial charge in [0.2, 0.25) is 0 Å². The first-order valence-electron chi connectivity index (χ1n) is 4.85. The van der Waals surface area contributed by atoms with E-state index in [2.05, 4.69) is 43.3 Å². The maximum absolute atomic E-state index is 3.09. The summed E-state index contributed by atoms with van der Waals surface area (Å²) in [4.78, 5) is 0. The van der Waals surface area contributed by atoms with Gasteiger partial charge >= 0.3 is 18.9 Å². The number of hydrogen-bond donors (Lipinski definition) is 0. The fraction of sp³-hybridized carbons (Fsp3) is 0.143. The molecule has 0 nitrogen and oxygen atoms in total. The third-order valence-corrected chi connectivity index (χ3v) is 2.30. The molecular formula is C14H13Li. The fourth-order valence-corrected chi connectivity index (χ4v) is 1.48. The number of benzene rings is 2. The van der Waals surface area contributed by atoms with E-state index in [0.717, 1.165) is 6.42 Å². The van der Waals surface area contributed by atoms with E-state index < -0.39 is 0 Å². The van der Waals surface area contributed by atoms with E-state index in [1.807, 2.05) is 18.2 Å². The van der Waals surface area contributed by atoms with Gasteiger partial charge in [-0.05, 0) is 13.3 Å². The molecule has 2 aromatic rings. The van der Waals surface area contributed by atoms with Crippen LogP contribution in [0.4, 0.5) is 0 Å². The molecule has 0 unspecified atom stereocenters. The summed E-state index contributed by atoms with van der Waals surface area (Å²) in [5, 5.41) is 0. The van der Waals surface area contributed by atoms with Crippen LogP contribution in [0.3, 0.4) is 0 Å². The van der Waals surface area contributed by atoms with Crippen LogP contribution < -0.4 is 18.9 Å². The van der Waals surface area contributed by atoms with Crippen LogP contribution in [0, 0.1) is 13.0 Å². The van der Waals surface area contributed by atoms with Gasteiger partial charge in [0, 0.05) is 0 Å². The monoisotopic (exact) mass is 188 g/mol. The molecule has 1 heteroatoms. The second kappa shape index (κ2) is 5.81. The Morgan fingerprint density at radius 3 is 2.33 bits per heavy atom. The van der Waals surface area contributed by atoms with E-state index in [-0.39, 0.29) is 18.9 Å². The van der Waals surface area contributed by atoms with Crippen LogP contribution in [0.5, 0.6) is 0 Å². The van der Waals surface area contributed by atoms with Gasteiger partial charge in [-0.1, -0.05) is 35.4 Å². The third-order valence-electron chi connectivity index (χ3n) is 2.30. The van der Waals surface area contributed by atoms with Crippen LogP contribution in [-0.4, -0.2) is 0 Å². The fourth-order valence-electron chi connectivity index (χ4n) is 1.48.